The van der Waals surface area contributed by atoms with Gasteiger partial charge in [-0.15, -0.1) is 0 Å². The molecule has 0 bridgehead atoms. The number of halogens is 1. The lowest BCUT2D eigenvalue weighted by atomic mass is 10.1. The Morgan fingerprint density at radius 2 is 2.20 bits per heavy atom. The molecule has 20 heavy (non-hydrogen) atoms. The van der Waals surface area contributed by atoms with Gasteiger partial charge in [0.2, 0.25) is 0 Å². The first kappa shape index (κ1) is 13.5. The standard InChI is InChI=1S/C14H16ClNO4/c15-11-6-9(7-12-13(11)20-5-4-19-12)14(18)16-3-1-2-10(16)8-17/h6-7,10,17H,1-5,8H2/t10-/m1/s1. The summed E-state index contributed by atoms with van der Waals surface area (Å²) in [6.07, 6.45) is 1.75. The molecule has 1 aromatic rings. The molecule has 3 rings (SSSR count). The molecule has 108 valence electrons. The molecule has 1 atom stereocenters. The van der Waals surface area contributed by atoms with Crippen molar-refractivity contribution < 1.29 is 19.4 Å². The number of carbonyl (C=O) groups is 1. The molecule has 6 heteroatoms. The van der Waals surface area contributed by atoms with E-state index in [9.17, 15) is 9.90 Å². The maximum Gasteiger partial charge on any atom is 0.254 e. The molecule has 2 heterocycles. The summed E-state index contributed by atoms with van der Waals surface area (Å²) in [5.41, 5.74) is 0.472. The van der Waals surface area contributed by atoms with Gasteiger partial charge in [-0.1, -0.05) is 11.6 Å². The Kier molecular flexibility index (Phi) is 3.72. The van der Waals surface area contributed by atoms with Crippen LogP contribution in [0.25, 0.3) is 0 Å². The minimum Gasteiger partial charge on any atom is -0.486 e. The maximum absolute atomic E-state index is 12.5. The van der Waals surface area contributed by atoms with E-state index >= 15 is 0 Å². The zero-order valence-electron chi connectivity index (χ0n) is 11.0. The second-order valence-electron chi connectivity index (χ2n) is 4.96. The summed E-state index contributed by atoms with van der Waals surface area (Å²) >= 11 is 6.14. The quantitative estimate of drug-likeness (QED) is 0.903. The first-order valence-electron chi connectivity index (χ1n) is 6.71. The zero-order chi connectivity index (χ0) is 14.1. The van der Waals surface area contributed by atoms with Crippen LogP contribution in [0.2, 0.25) is 5.02 Å². The molecule has 2 aliphatic rings. The summed E-state index contributed by atoms with van der Waals surface area (Å²) in [7, 11) is 0. The van der Waals surface area contributed by atoms with Crippen molar-refractivity contribution in [1.82, 2.24) is 4.90 Å². The van der Waals surface area contributed by atoms with Crippen LogP contribution in [0.4, 0.5) is 0 Å². The molecule has 0 radical (unpaired) electrons. The Bertz CT molecular complexity index is 534. The lowest BCUT2D eigenvalue weighted by Crippen LogP contribution is -2.37. The van der Waals surface area contributed by atoms with Crippen molar-refractivity contribution in [2.45, 2.75) is 18.9 Å². The molecule has 0 saturated carbocycles. The van der Waals surface area contributed by atoms with Crippen molar-refractivity contribution in [3.05, 3.63) is 22.7 Å². The molecule has 1 fully saturated rings. The van der Waals surface area contributed by atoms with E-state index in [1.165, 1.54) is 0 Å². The van der Waals surface area contributed by atoms with Gasteiger partial charge in [-0.25, -0.2) is 0 Å². The van der Waals surface area contributed by atoms with Gasteiger partial charge in [-0.2, -0.15) is 0 Å². The van der Waals surface area contributed by atoms with Gasteiger partial charge in [0.15, 0.2) is 11.5 Å². The third-order valence-corrected chi connectivity index (χ3v) is 3.97. The van der Waals surface area contributed by atoms with Gasteiger partial charge in [-0.3, -0.25) is 4.79 Å². The first-order valence-corrected chi connectivity index (χ1v) is 7.09. The number of hydrogen-bond donors (Lipinski definition) is 1. The number of aliphatic hydroxyl groups excluding tert-OH is 1. The van der Waals surface area contributed by atoms with Crippen LogP contribution in [-0.4, -0.2) is 48.3 Å². The van der Waals surface area contributed by atoms with Crippen molar-refractivity contribution in [3.63, 3.8) is 0 Å². The van der Waals surface area contributed by atoms with Crippen LogP contribution < -0.4 is 9.47 Å². The largest absolute Gasteiger partial charge is 0.486 e. The number of hydrogen-bond acceptors (Lipinski definition) is 4. The summed E-state index contributed by atoms with van der Waals surface area (Å²) in [5.74, 6) is 0.877. The predicted octanol–water partition coefficient (Wildman–Crippen LogP) is 1.71. The van der Waals surface area contributed by atoms with Crippen molar-refractivity contribution >= 4 is 17.5 Å². The molecule has 0 spiro atoms. The van der Waals surface area contributed by atoms with Crippen molar-refractivity contribution in [2.75, 3.05) is 26.4 Å². The molecule has 5 nitrogen and oxygen atoms in total. The molecule has 1 aromatic carbocycles. The number of fused-ring (bicyclic) bond motifs is 1. The van der Waals surface area contributed by atoms with Crippen molar-refractivity contribution in [1.29, 1.82) is 0 Å². The van der Waals surface area contributed by atoms with E-state index in [0.29, 0.717) is 41.8 Å². The Hall–Kier alpha value is -1.46. The zero-order valence-corrected chi connectivity index (χ0v) is 11.7. The van der Waals surface area contributed by atoms with Crippen molar-refractivity contribution in [2.24, 2.45) is 0 Å². The third-order valence-electron chi connectivity index (χ3n) is 3.69. The van der Waals surface area contributed by atoms with E-state index < -0.39 is 0 Å². The second kappa shape index (κ2) is 5.50. The topological polar surface area (TPSA) is 59.0 Å². The summed E-state index contributed by atoms with van der Waals surface area (Å²) in [5, 5.41) is 9.69. The van der Waals surface area contributed by atoms with E-state index in [0.717, 1.165) is 12.8 Å². The van der Waals surface area contributed by atoms with Gasteiger partial charge >= 0.3 is 0 Å². The number of ether oxygens (including phenoxy) is 2. The van der Waals surface area contributed by atoms with Crippen LogP contribution >= 0.6 is 11.6 Å². The highest BCUT2D eigenvalue weighted by Crippen LogP contribution is 2.38. The number of nitrogens with zero attached hydrogens (tertiary/aromatic N) is 1. The maximum atomic E-state index is 12.5. The Balaban J connectivity index is 1.90. The fraction of sp³-hybridized carbons (Fsp3) is 0.500. The molecule has 1 N–H and O–H groups in total. The summed E-state index contributed by atoms with van der Waals surface area (Å²) < 4.78 is 10.9. The molecular weight excluding hydrogens is 282 g/mol. The van der Waals surface area contributed by atoms with E-state index in [4.69, 9.17) is 21.1 Å². The van der Waals surface area contributed by atoms with Crippen molar-refractivity contribution in [3.8, 4) is 11.5 Å². The number of carbonyl (C=O) groups excluding carboxylic acids is 1. The fourth-order valence-corrected chi connectivity index (χ4v) is 2.96. The molecule has 1 amide bonds. The van der Waals surface area contributed by atoms with Gasteiger partial charge in [0, 0.05) is 12.1 Å². The van der Waals surface area contributed by atoms with Crippen LogP contribution in [0, 0.1) is 0 Å². The number of amides is 1. The van der Waals surface area contributed by atoms with Crippen LogP contribution in [0.3, 0.4) is 0 Å². The highest BCUT2D eigenvalue weighted by Gasteiger charge is 2.30. The molecular formula is C14H16ClNO4. The first-order chi connectivity index (χ1) is 9.70. The van der Waals surface area contributed by atoms with Crippen LogP contribution in [-0.2, 0) is 0 Å². The fourth-order valence-electron chi connectivity index (χ4n) is 2.69. The number of likely N-dealkylation sites (tertiary alicyclic amines) is 1. The highest BCUT2D eigenvalue weighted by molar-refractivity contribution is 6.32. The molecule has 0 unspecified atom stereocenters. The Morgan fingerprint density at radius 3 is 3.00 bits per heavy atom. The average molecular weight is 298 g/mol. The monoisotopic (exact) mass is 297 g/mol. The average Bonchev–Trinajstić information content (AvgIpc) is 2.95. The predicted molar refractivity (Wildman–Crippen MR) is 73.6 cm³/mol. The number of aliphatic hydroxyl groups is 1. The smallest absolute Gasteiger partial charge is 0.254 e. The van der Waals surface area contributed by atoms with Crippen LogP contribution in [0.1, 0.15) is 23.2 Å². The van der Waals surface area contributed by atoms with E-state index in [1.807, 2.05) is 0 Å². The Morgan fingerprint density at radius 1 is 1.40 bits per heavy atom. The normalized spacial score (nSPS) is 21.1. The van der Waals surface area contributed by atoms with Gasteiger partial charge in [0.1, 0.15) is 13.2 Å². The lowest BCUT2D eigenvalue weighted by Gasteiger charge is -2.25. The minimum absolute atomic E-state index is 0.00990. The van der Waals surface area contributed by atoms with Gasteiger partial charge in [0.05, 0.1) is 17.7 Å². The molecule has 0 aromatic heterocycles. The van der Waals surface area contributed by atoms with E-state index in [2.05, 4.69) is 0 Å². The summed E-state index contributed by atoms with van der Waals surface area (Å²) in [6, 6.07) is 3.16. The number of benzene rings is 1. The van der Waals surface area contributed by atoms with Crippen LogP contribution in [0.15, 0.2) is 12.1 Å². The van der Waals surface area contributed by atoms with Gasteiger partial charge < -0.3 is 19.5 Å². The SMILES string of the molecule is O=C(c1cc(Cl)c2c(c1)OCCO2)N1CCC[C@@H]1CO. The molecule has 2 aliphatic heterocycles. The van der Waals surface area contributed by atoms with E-state index in [1.54, 1.807) is 17.0 Å². The minimum atomic E-state index is -0.125. The Labute approximate surface area is 122 Å². The van der Waals surface area contributed by atoms with E-state index in [-0.39, 0.29) is 18.6 Å². The van der Waals surface area contributed by atoms with Gasteiger partial charge in [-0.05, 0) is 25.0 Å². The lowest BCUT2D eigenvalue weighted by molar-refractivity contribution is 0.0676. The van der Waals surface area contributed by atoms with Gasteiger partial charge in [0.25, 0.3) is 5.91 Å². The summed E-state index contributed by atoms with van der Waals surface area (Å²) in [4.78, 5) is 14.2. The molecule has 0 aliphatic carbocycles. The highest BCUT2D eigenvalue weighted by atomic mass is 35.5. The third kappa shape index (κ3) is 2.31. The molecule has 1 saturated heterocycles. The second-order valence-corrected chi connectivity index (χ2v) is 5.37. The summed E-state index contributed by atoms with van der Waals surface area (Å²) in [6.45, 7) is 1.56. The number of rotatable bonds is 2. The van der Waals surface area contributed by atoms with Crippen LogP contribution in [0.5, 0.6) is 11.5 Å².